The molecule has 0 bridgehead atoms. The fourth-order valence-corrected chi connectivity index (χ4v) is 6.43. The molecule has 0 saturated heterocycles. The van der Waals surface area contributed by atoms with Gasteiger partial charge in [-0.3, -0.25) is 9.59 Å². The molecule has 1 aromatic heterocycles. The minimum atomic E-state index is -2.13. The summed E-state index contributed by atoms with van der Waals surface area (Å²) in [4.78, 5) is 50.3. The molecule has 17 heteroatoms. The number of ketones is 1. The van der Waals surface area contributed by atoms with Crippen LogP contribution < -0.4 is 15.9 Å². The van der Waals surface area contributed by atoms with Crippen LogP contribution in [0.2, 0.25) is 0 Å². The molecule has 2 heterocycles. The number of nitrogens with two attached hydrogens (primary N) is 1. The molecule has 0 fully saturated rings. The van der Waals surface area contributed by atoms with Crippen LogP contribution in [0, 0.1) is 34.9 Å². The van der Waals surface area contributed by atoms with Crippen LogP contribution in [0.3, 0.4) is 0 Å². The SMILES string of the molecule is C.C.CCOC(=O)/C(=C\N(C)C)C(=O)c1cc(F)c(F)c(F)c1F.CCOC(=O)c1cn2c3c(c(F)c(F)cc3c1=O)Oc1cc3ccccc3cc1-2.Nc1cc2ccccc2cc1O. The fraction of sp³-hybridized carbons (Fsp3) is 0.167. The van der Waals surface area contributed by atoms with Crippen LogP contribution in [0.25, 0.3) is 38.1 Å². The highest BCUT2D eigenvalue weighted by atomic mass is 19.2. The summed E-state index contributed by atoms with van der Waals surface area (Å²) in [6.07, 6.45) is 2.30. The molecule has 340 valence electrons. The number of phenols is 1. The maximum absolute atomic E-state index is 14.6. The average Bonchev–Trinajstić information content (AvgIpc) is 3.25. The van der Waals surface area contributed by atoms with Crippen molar-refractivity contribution in [3.05, 3.63) is 159 Å². The first kappa shape index (κ1) is 49.8. The normalized spacial score (nSPS) is 11.1. The number of pyridine rings is 1. The van der Waals surface area contributed by atoms with Crippen LogP contribution in [0.4, 0.5) is 32.0 Å². The summed E-state index contributed by atoms with van der Waals surface area (Å²) in [5.74, 6) is -13.4. The van der Waals surface area contributed by atoms with Gasteiger partial charge in [0, 0.05) is 26.5 Å². The number of nitrogens with zero attached hydrogens (tertiary/aromatic N) is 2. The van der Waals surface area contributed by atoms with E-state index in [1.807, 2.05) is 48.5 Å². The van der Waals surface area contributed by atoms with Crippen molar-refractivity contribution in [2.45, 2.75) is 28.7 Å². The number of aromatic nitrogens is 1. The molecule has 0 aliphatic carbocycles. The second-order valence-electron chi connectivity index (χ2n) is 13.8. The number of ether oxygens (including phenoxy) is 3. The summed E-state index contributed by atoms with van der Waals surface area (Å²) < 4.78 is 98.5. The monoisotopic (exact) mass is 903 g/mol. The Morgan fingerprint density at radius 3 is 1.88 bits per heavy atom. The highest BCUT2D eigenvalue weighted by Crippen LogP contribution is 2.43. The van der Waals surface area contributed by atoms with E-state index in [2.05, 4.69) is 4.74 Å². The minimum Gasteiger partial charge on any atom is -0.506 e. The smallest absolute Gasteiger partial charge is 0.343 e. The summed E-state index contributed by atoms with van der Waals surface area (Å²) >= 11 is 0. The van der Waals surface area contributed by atoms with Crippen molar-refractivity contribution < 1.29 is 60.0 Å². The lowest BCUT2D eigenvalue weighted by Crippen LogP contribution is -2.22. The number of aromatic hydroxyl groups is 1. The van der Waals surface area contributed by atoms with Gasteiger partial charge in [0.15, 0.2) is 40.6 Å². The Labute approximate surface area is 368 Å². The van der Waals surface area contributed by atoms with E-state index in [0.717, 1.165) is 33.8 Å². The van der Waals surface area contributed by atoms with E-state index >= 15 is 0 Å². The van der Waals surface area contributed by atoms with Gasteiger partial charge in [0.25, 0.3) is 0 Å². The summed E-state index contributed by atoms with van der Waals surface area (Å²) in [5.41, 5.74) is 3.76. The number of halogens is 6. The zero-order chi connectivity index (χ0) is 45.9. The Kier molecular flexibility index (Phi) is 15.8. The summed E-state index contributed by atoms with van der Waals surface area (Å²) in [5, 5.41) is 12.9. The fourth-order valence-electron chi connectivity index (χ4n) is 6.43. The third-order valence-electron chi connectivity index (χ3n) is 9.30. The predicted octanol–water partition coefficient (Wildman–Crippen LogP) is 10.5. The van der Waals surface area contributed by atoms with Gasteiger partial charge in [0.05, 0.1) is 35.5 Å². The number of anilines is 1. The van der Waals surface area contributed by atoms with E-state index in [4.69, 9.17) is 15.2 Å². The van der Waals surface area contributed by atoms with Crippen LogP contribution in [0.1, 0.15) is 49.4 Å². The van der Waals surface area contributed by atoms with Gasteiger partial charge < -0.3 is 34.5 Å². The van der Waals surface area contributed by atoms with Crippen LogP contribution in [0.5, 0.6) is 17.2 Å². The van der Waals surface area contributed by atoms with Crippen molar-refractivity contribution in [3.8, 4) is 22.9 Å². The zero-order valence-electron chi connectivity index (χ0n) is 33.7. The predicted molar refractivity (Wildman–Crippen MR) is 235 cm³/mol. The van der Waals surface area contributed by atoms with E-state index in [-0.39, 0.29) is 62.1 Å². The van der Waals surface area contributed by atoms with E-state index in [9.17, 15) is 50.6 Å². The summed E-state index contributed by atoms with van der Waals surface area (Å²) in [7, 11) is 2.93. The summed E-state index contributed by atoms with van der Waals surface area (Å²) in [6.45, 7) is 3.10. The minimum absolute atomic E-state index is 0. The first-order valence-electron chi connectivity index (χ1n) is 18.8. The Hall–Kier alpha value is -7.82. The molecule has 0 unspecified atom stereocenters. The van der Waals surface area contributed by atoms with Gasteiger partial charge in [-0.1, -0.05) is 63.4 Å². The molecule has 0 amide bonds. The molecule has 1 aliphatic heterocycles. The van der Waals surface area contributed by atoms with Crippen molar-refractivity contribution in [1.82, 2.24) is 9.47 Å². The molecule has 0 atom stereocenters. The molecular formula is C48H43F6N3O8. The standard InChI is InChI=1S/C22H13F2NO4.C14H13F4NO3.C10H9NO.2CH4/c1-2-28-22(27)14-10-25-16-7-11-5-3-4-6-12(11)8-17(16)29-21-18(24)15(23)9-13(19(21)25)20(14)26;1-4-22-14(21)8(6-19(2)3)13(20)7-5-9(15)11(17)12(18)10(7)16;11-9-5-7-3-1-2-4-8(7)6-10(9)12;;/h3-10H,2H2,1H3;5-6H,4H2,1-3H3;1-6,12H,11H2;2*1H4/b;8-6-;;;. The van der Waals surface area contributed by atoms with E-state index in [0.29, 0.717) is 11.4 Å². The van der Waals surface area contributed by atoms with Gasteiger partial charge >= 0.3 is 11.9 Å². The lowest BCUT2D eigenvalue weighted by molar-refractivity contribution is -0.138. The molecule has 3 N–H and O–H groups in total. The van der Waals surface area contributed by atoms with E-state index < -0.39 is 74.9 Å². The Balaban J connectivity index is 0.000000228. The lowest BCUT2D eigenvalue weighted by atomic mass is 10.0. The second kappa shape index (κ2) is 20.6. The topological polar surface area (TPSA) is 150 Å². The summed E-state index contributed by atoms with van der Waals surface area (Å²) in [6, 6.07) is 23.2. The maximum Gasteiger partial charge on any atom is 0.343 e. The maximum atomic E-state index is 14.6. The van der Waals surface area contributed by atoms with Crippen molar-refractivity contribution >= 4 is 55.9 Å². The number of benzene rings is 6. The van der Waals surface area contributed by atoms with E-state index in [1.54, 1.807) is 31.2 Å². The van der Waals surface area contributed by atoms with Gasteiger partial charge in [-0.05, 0) is 71.8 Å². The van der Waals surface area contributed by atoms with E-state index in [1.165, 1.54) is 36.7 Å². The molecule has 11 nitrogen and oxygen atoms in total. The van der Waals surface area contributed by atoms with Crippen molar-refractivity contribution in [2.24, 2.45) is 0 Å². The third kappa shape index (κ3) is 10.0. The average molecular weight is 904 g/mol. The number of carbonyl (C=O) groups excluding carboxylic acids is 3. The largest absolute Gasteiger partial charge is 0.506 e. The van der Waals surface area contributed by atoms with Gasteiger partial charge in [-0.15, -0.1) is 0 Å². The van der Waals surface area contributed by atoms with Gasteiger partial charge in [0.2, 0.25) is 17.0 Å². The number of phenolic OH excluding ortho intramolecular Hbond substituents is 1. The molecule has 0 spiro atoms. The number of Topliss-reactive ketones (excluding diaryl/α,β-unsaturated/α-hetero) is 1. The number of fused-ring (bicyclic) bond motifs is 4. The first-order chi connectivity index (χ1) is 30.0. The molecule has 8 rings (SSSR count). The lowest BCUT2D eigenvalue weighted by Gasteiger charge is -2.24. The number of rotatable bonds is 7. The number of nitrogen functional groups attached to an aromatic ring is 1. The molecule has 0 radical (unpaired) electrons. The van der Waals surface area contributed by atoms with Crippen molar-refractivity contribution in [3.63, 3.8) is 0 Å². The molecule has 6 aromatic carbocycles. The highest BCUT2D eigenvalue weighted by molar-refractivity contribution is 6.24. The first-order valence-corrected chi connectivity index (χ1v) is 18.8. The number of hydrogen-bond acceptors (Lipinski definition) is 10. The molecular weight excluding hydrogens is 861 g/mol. The Morgan fingerprint density at radius 1 is 0.738 bits per heavy atom. The van der Waals surface area contributed by atoms with Gasteiger partial charge in [0.1, 0.15) is 22.4 Å². The quantitative estimate of drug-likeness (QED) is 0.0151. The molecule has 1 aliphatic rings. The van der Waals surface area contributed by atoms with Crippen LogP contribution in [0.15, 0.2) is 108 Å². The third-order valence-corrected chi connectivity index (χ3v) is 9.30. The number of hydrogen-bond donors (Lipinski definition) is 2. The second-order valence-corrected chi connectivity index (χ2v) is 13.8. The molecule has 0 saturated carbocycles. The Morgan fingerprint density at radius 2 is 1.29 bits per heavy atom. The van der Waals surface area contributed by atoms with Crippen LogP contribution in [-0.4, -0.2) is 59.6 Å². The zero-order valence-corrected chi connectivity index (χ0v) is 33.7. The Bertz CT molecular complexity index is 3040. The molecule has 7 aromatic rings. The van der Waals surface area contributed by atoms with Crippen molar-refractivity contribution in [2.75, 3.05) is 33.0 Å². The van der Waals surface area contributed by atoms with Crippen molar-refractivity contribution in [1.29, 1.82) is 0 Å². The van der Waals surface area contributed by atoms with Gasteiger partial charge in [-0.2, -0.15) is 4.39 Å². The van der Waals surface area contributed by atoms with Gasteiger partial charge in [-0.25, -0.2) is 31.5 Å². The number of carbonyl (C=O) groups is 3. The molecule has 65 heavy (non-hydrogen) atoms. The van der Waals surface area contributed by atoms with Crippen LogP contribution >= 0.6 is 0 Å². The number of esters is 2. The highest BCUT2D eigenvalue weighted by Gasteiger charge is 2.31. The van der Waals surface area contributed by atoms with Crippen LogP contribution in [-0.2, 0) is 14.3 Å².